The predicted molar refractivity (Wildman–Crippen MR) is 78.7 cm³/mol. The summed E-state index contributed by atoms with van der Waals surface area (Å²) in [5.74, 6) is 0.558. The Morgan fingerprint density at radius 1 is 1.15 bits per heavy atom. The van der Waals surface area contributed by atoms with Gasteiger partial charge in [0.2, 0.25) is 0 Å². The Bertz CT molecular complexity index is 818. The summed E-state index contributed by atoms with van der Waals surface area (Å²) in [7, 11) is 0. The van der Waals surface area contributed by atoms with E-state index in [1.807, 2.05) is 49.4 Å². The summed E-state index contributed by atoms with van der Waals surface area (Å²) in [6, 6.07) is 15.5. The number of nitriles is 1. The molecule has 3 aromatic rings. The zero-order valence-electron chi connectivity index (χ0n) is 11.0. The molecule has 0 aliphatic rings. The van der Waals surface area contributed by atoms with E-state index in [2.05, 4.69) is 21.4 Å². The number of para-hydroxylation sites is 1. The summed E-state index contributed by atoms with van der Waals surface area (Å²) < 4.78 is 0. The van der Waals surface area contributed by atoms with Crippen LogP contribution in [0.4, 0.5) is 11.5 Å². The Labute approximate surface area is 116 Å². The predicted octanol–water partition coefficient (Wildman–Crippen LogP) is 3.55. The fourth-order valence-electron chi connectivity index (χ4n) is 2.04. The van der Waals surface area contributed by atoms with Gasteiger partial charge < -0.3 is 5.32 Å². The van der Waals surface area contributed by atoms with Crippen molar-refractivity contribution in [1.82, 2.24) is 9.97 Å². The first-order valence-corrected chi connectivity index (χ1v) is 6.26. The van der Waals surface area contributed by atoms with Crippen LogP contribution in [0.25, 0.3) is 10.9 Å². The average molecular weight is 260 g/mol. The lowest BCUT2D eigenvalue weighted by molar-refractivity contribution is 1.19. The third kappa shape index (κ3) is 2.17. The zero-order valence-corrected chi connectivity index (χ0v) is 11.0. The lowest BCUT2D eigenvalue weighted by atomic mass is 10.1. The molecule has 4 heteroatoms. The van der Waals surface area contributed by atoms with Crippen molar-refractivity contribution in [3.05, 3.63) is 59.9 Å². The van der Waals surface area contributed by atoms with Crippen LogP contribution in [-0.4, -0.2) is 9.97 Å². The van der Waals surface area contributed by atoms with Gasteiger partial charge in [-0.1, -0.05) is 18.2 Å². The Kier molecular flexibility index (Phi) is 3.02. The normalized spacial score (nSPS) is 10.2. The van der Waals surface area contributed by atoms with Crippen molar-refractivity contribution in [2.45, 2.75) is 6.92 Å². The molecule has 3 rings (SSSR count). The van der Waals surface area contributed by atoms with Gasteiger partial charge in [-0.3, -0.25) is 4.98 Å². The van der Waals surface area contributed by atoms with Crippen LogP contribution in [0.1, 0.15) is 11.3 Å². The molecule has 0 spiro atoms. The van der Waals surface area contributed by atoms with Crippen LogP contribution in [0.5, 0.6) is 0 Å². The first-order valence-electron chi connectivity index (χ1n) is 6.26. The highest BCUT2D eigenvalue weighted by atomic mass is 15.0. The molecule has 2 heterocycles. The number of pyridine rings is 2. The maximum atomic E-state index is 9.28. The Balaban J connectivity index is 2.11. The fraction of sp³-hybridized carbons (Fsp3) is 0.0625. The molecule has 4 nitrogen and oxygen atoms in total. The van der Waals surface area contributed by atoms with Crippen LogP contribution in [0, 0.1) is 18.3 Å². The molecule has 2 aromatic heterocycles. The fourth-order valence-corrected chi connectivity index (χ4v) is 2.04. The summed E-state index contributed by atoms with van der Waals surface area (Å²) in [5.41, 5.74) is 3.10. The van der Waals surface area contributed by atoms with Gasteiger partial charge in [0.15, 0.2) is 0 Å². The molecule has 0 aliphatic carbocycles. The van der Waals surface area contributed by atoms with Crippen LogP contribution < -0.4 is 5.32 Å². The first-order chi connectivity index (χ1) is 9.78. The highest BCUT2D eigenvalue weighted by molar-refractivity contribution is 5.83. The molecular formula is C16H12N4. The summed E-state index contributed by atoms with van der Waals surface area (Å²) in [6.07, 6.45) is 1.74. The van der Waals surface area contributed by atoms with Gasteiger partial charge in [0.25, 0.3) is 0 Å². The van der Waals surface area contributed by atoms with Gasteiger partial charge in [-0.2, -0.15) is 5.26 Å². The Morgan fingerprint density at radius 3 is 2.80 bits per heavy atom. The molecule has 0 amide bonds. The molecule has 0 unspecified atom stereocenters. The van der Waals surface area contributed by atoms with Gasteiger partial charge in [-0.15, -0.1) is 0 Å². The number of nitrogens with one attached hydrogen (secondary N) is 1. The second-order valence-corrected chi connectivity index (χ2v) is 4.45. The second kappa shape index (κ2) is 4.98. The van der Waals surface area contributed by atoms with E-state index in [0.29, 0.717) is 11.4 Å². The SMILES string of the molecule is Cc1ncccc1Nc1nc2ccccc2cc1C#N. The number of aromatic nitrogens is 2. The minimum Gasteiger partial charge on any atom is -0.338 e. The van der Waals surface area contributed by atoms with E-state index in [0.717, 1.165) is 22.3 Å². The van der Waals surface area contributed by atoms with Crippen LogP contribution >= 0.6 is 0 Å². The molecule has 0 atom stereocenters. The van der Waals surface area contributed by atoms with Gasteiger partial charge in [0.05, 0.1) is 22.5 Å². The molecular weight excluding hydrogens is 248 g/mol. The zero-order chi connectivity index (χ0) is 13.9. The summed E-state index contributed by atoms with van der Waals surface area (Å²) in [6.45, 7) is 1.91. The van der Waals surface area contributed by atoms with Crippen molar-refractivity contribution in [3.63, 3.8) is 0 Å². The van der Waals surface area contributed by atoms with Crippen LogP contribution in [-0.2, 0) is 0 Å². The minimum atomic E-state index is 0.520. The van der Waals surface area contributed by atoms with Crippen molar-refractivity contribution < 1.29 is 0 Å². The molecule has 0 bridgehead atoms. The number of nitrogens with zero attached hydrogens (tertiary/aromatic N) is 3. The number of hydrogen-bond donors (Lipinski definition) is 1. The molecule has 96 valence electrons. The van der Waals surface area contributed by atoms with E-state index in [-0.39, 0.29) is 0 Å². The first kappa shape index (κ1) is 12.1. The maximum Gasteiger partial charge on any atom is 0.149 e. The standard InChI is InChI=1S/C16H12N4/c1-11-14(7-4-8-18-11)19-16-13(10-17)9-12-5-2-3-6-15(12)20-16/h2-9H,1H3,(H,19,20). The quantitative estimate of drug-likeness (QED) is 0.765. The third-order valence-electron chi connectivity index (χ3n) is 3.10. The number of fused-ring (bicyclic) bond motifs is 1. The van der Waals surface area contributed by atoms with Gasteiger partial charge in [0.1, 0.15) is 11.9 Å². The summed E-state index contributed by atoms with van der Waals surface area (Å²) in [5, 5.41) is 13.4. The lowest BCUT2D eigenvalue weighted by Gasteiger charge is -2.10. The summed E-state index contributed by atoms with van der Waals surface area (Å²) in [4.78, 5) is 8.74. The average Bonchev–Trinajstić information content (AvgIpc) is 2.49. The number of aryl methyl sites for hydroxylation is 1. The second-order valence-electron chi connectivity index (χ2n) is 4.45. The lowest BCUT2D eigenvalue weighted by Crippen LogP contribution is -2.00. The Morgan fingerprint density at radius 2 is 2.00 bits per heavy atom. The molecule has 0 radical (unpaired) electrons. The highest BCUT2D eigenvalue weighted by Crippen LogP contribution is 2.24. The molecule has 1 aromatic carbocycles. The van der Waals surface area contributed by atoms with Crippen LogP contribution in [0.2, 0.25) is 0 Å². The minimum absolute atomic E-state index is 0.520. The van der Waals surface area contributed by atoms with E-state index >= 15 is 0 Å². The van der Waals surface area contributed by atoms with E-state index in [1.165, 1.54) is 0 Å². The van der Waals surface area contributed by atoms with Crippen molar-refractivity contribution >= 4 is 22.4 Å². The number of anilines is 2. The van der Waals surface area contributed by atoms with Gasteiger partial charge in [0, 0.05) is 11.6 Å². The molecule has 20 heavy (non-hydrogen) atoms. The molecule has 0 aliphatic heterocycles. The van der Waals surface area contributed by atoms with Gasteiger partial charge >= 0.3 is 0 Å². The monoisotopic (exact) mass is 260 g/mol. The molecule has 0 fully saturated rings. The molecule has 0 saturated heterocycles. The van der Waals surface area contributed by atoms with E-state index in [1.54, 1.807) is 6.20 Å². The summed E-state index contributed by atoms with van der Waals surface area (Å²) >= 11 is 0. The number of rotatable bonds is 2. The van der Waals surface area contributed by atoms with Crippen LogP contribution in [0.3, 0.4) is 0 Å². The van der Waals surface area contributed by atoms with Crippen LogP contribution in [0.15, 0.2) is 48.7 Å². The molecule has 0 saturated carbocycles. The smallest absolute Gasteiger partial charge is 0.149 e. The highest BCUT2D eigenvalue weighted by Gasteiger charge is 2.08. The van der Waals surface area contributed by atoms with Crippen molar-refractivity contribution in [1.29, 1.82) is 5.26 Å². The van der Waals surface area contributed by atoms with E-state index < -0.39 is 0 Å². The van der Waals surface area contributed by atoms with Crippen molar-refractivity contribution in [2.75, 3.05) is 5.32 Å². The van der Waals surface area contributed by atoms with E-state index in [4.69, 9.17) is 0 Å². The number of benzene rings is 1. The van der Waals surface area contributed by atoms with Crippen molar-refractivity contribution in [2.24, 2.45) is 0 Å². The molecule has 1 N–H and O–H groups in total. The largest absolute Gasteiger partial charge is 0.338 e. The Hall–Kier alpha value is -2.93. The van der Waals surface area contributed by atoms with Gasteiger partial charge in [-0.05, 0) is 31.2 Å². The third-order valence-corrected chi connectivity index (χ3v) is 3.10. The number of hydrogen-bond acceptors (Lipinski definition) is 4. The van der Waals surface area contributed by atoms with E-state index in [9.17, 15) is 5.26 Å². The topological polar surface area (TPSA) is 61.6 Å². The maximum absolute atomic E-state index is 9.28. The van der Waals surface area contributed by atoms with Crippen molar-refractivity contribution in [3.8, 4) is 6.07 Å². The van der Waals surface area contributed by atoms with Gasteiger partial charge in [-0.25, -0.2) is 4.98 Å².